The van der Waals surface area contributed by atoms with E-state index in [4.69, 9.17) is 4.74 Å². The third-order valence-corrected chi connectivity index (χ3v) is 3.27. The monoisotopic (exact) mass is 278 g/mol. The van der Waals surface area contributed by atoms with Crippen molar-refractivity contribution in [1.29, 1.82) is 0 Å². The summed E-state index contributed by atoms with van der Waals surface area (Å²) in [6.07, 6.45) is -0.946. The molecule has 1 aromatic rings. The van der Waals surface area contributed by atoms with E-state index in [1.807, 2.05) is 6.07 Å². The molecule has 2 N–H and O–H groups in total. The molecule has 1 amide bonds. The summed E-state index contributed by atoms with van der Waals surface area (Å²) in [6, 6.07) is 6.66. The molecular formula is C14H18N2O4. The number of nitrogens with zero attached hydrogens (tertiary/aromatic N) is 1. The van der Waals surface area contributed by atoms with Gasteiger partial charge in [0.1, 0.15) is 0 Å². The Balaban J connectivity index is 2.24. The Bertz CT molecular complexity index is 504. The maximum atomic E-state index is 11.7. The number of amides is 1. The highest BCUT2D eigenvalue weighted by molar-refractivity contribution is 5.89. The Labute approximate surface area is 117 Å². The molecule has 0 aromatic heterocycles. The summed E-state index contributed by atoms with van der Waals surface area (Å²) in [7, 11) is 0. The maximum Gasteiger partial charge on any atom is 0.407 e. The van der Waals surface area contributed by atoms with Gasteiger partial charge in [-0.2, -0.15) is 0 Å². The van der Waals surface area contributed by atoms with Crippen LogP contribution in [0.1, 0.15) is 28.9 Å². The number of hydrogen-bond donors (Lipinski definition) is 2. The van der Waals surface area contributed by atoms with E-state index in [1.165, 1.54) is 4.90 Å². The molecular weight excluding hydrogens is 260 g/mol. The zero-order chi connectivity index (χ0) is 14.5. The van der Waals surface area contributed by atoms with Crippen molar-refractivity contribution >= 4 is 12.1 Å². The molecule has 1 aliphatic heterocycles. The van der Waals surface area contributed by atoms with Gasteiger partial charge >= 0.3 is 12.1 Å². The number of carbonyl (C=O) groups is 2. The van der Waals surface area contributed by atoms with Crippen molar-refractivity contribution in [2.45, 2.75) is 13.0 Å². The number of hydrogen-bond acceptors (Lipinski definition) is 4. The maximum absolute atomic E-state index is 11.7. The topological polar surface area (TPSA) is 78.9 Å². The highest BCUT2D eigenvalue weighted by Crippen LogP contribution is 2.23. The number of carbonyl (C=O) groups excluding carboxylic acids is 1. The molecule has 1 atom stereocenters. The van der Waals surface area contributed by atoms with Crippen LogP contribution in [-0.2, 0) is 4.74 Å². The van der Waals surface area contributed by atoms with Crippen molar-refractivity contribution in [2.24, 2.45) is 0 Å². The molecule has 0 bridgehead atoms. The van der Waals surface area contributed by atoms with Crippen LogP contribution in [0.3, 0.4) is 0 Å². The van der Waals surface area contributed by atoms with E-state index in [0.717, 1.165) is 5.56 Å². The van der Waals surface area contributed by atoms with Crippen LogP contribution >= 0.6 is 0 Å². The quantitative estimate of drug-likeness (QED) is 0.819. The second kappa shape index (κ2) is 6.38. The summed E-state index contributed by atoms with van der Waals surface area (Å²) in [5, 5.41) is 12.4. The third kappa shape index (κ3) is 3.08. The van der Waals surface area contributed by atoms with Crippen molar-refractivity contribution < 1.29 is 19.4 Å². The average molecular weight is 278 g/mol. The van der Waals surface area contributed by atoms with E-state index in [9.17, 15) is 14.7 Å². The van der Waals surface area contributed by atoms with E-state index in [2.05, 4.69) is 5.32 Å². The fourth-order valence-electron chi connectivity index (χ4n) is 2.32. The van der Waals surface area contributed by atoms with E-state index >= 15 is 0 Å². The first kappa shape index (κ1) is 14.3. The van der Waals surface area contributed by atoms with Crippen LogP contribution in [0.4, 0.5) is 4.79 Å². The number of esters is 1. The molecule has 2 rings (SSSR count). The van der Waals surface area contributed by atoms with Crippen LogP contribution in [0.5, 0.6) is 0 Å². The predicted molar refractivity (Wildman–Crippen MR) is 72.7 cm³/mol. The summed E-state index contributed by atoms with van der Waals surface area (Å²) in [4.78, 5) is 24.4. The van der Waals surface area contributed by atoms with E-state index in [1.54, 1.807) is 25.1 Å². The molecule has 1 unspecified atom stereocenters. The van der Waals surface area contributed by atoms with Crippen LogP contribution in [0.2, 0.25) is 0 Å². The van der Waals surface area contributed by atoms with Crippen LogP contribution in [0.25, 0.3) is 0 Å². The Kier molecular flexibility index (Phi) is 4.57. The van der Waals surface area contributed by atoms with Gasteiger partial charge < -0.3 is 15.2 Å². The van der Waals surface area contributed by atoms with Gasteiger partial charge in [-0.3, -0.25) is 4.90 Å². The Morgan fingerprint density at radius 2 is 2.30 bits per heavy atom. The molecule has 1 aliphatic rings. The van der Waals surface area contributed by atoms with Crippen LogP contribution in [0, 0.1) is 0 Å². The number of rotatable bonds is 3. The lowest BCUT2D eigenvalue weighted by atomic mass is 10.0. The molecule has 20 heavy (non-hydrogen) atoms. The lowest BCUT2D eigenvalue weighted by Crippen LogP contribution is -2.48. The van der Waals surface area contributed by atoms with Gasteiger partial charge in [0.25, 0.3) is 0 Å². The van der Waals surface area contributed by atoms with Gasteiger partial charge in [0.2, 0.25) is 0 Å². The molecule has 0 radical (unpaired) electrons. The van der Waals surface area contributed by atoms with Gasteiger partial charge in [0.05, 0.1) is 18.2 Å². The van der Waals surface area contributed by atoms with Gasteiger partial charge in [-0.15, -0.1) is 0 Å². The van der Waals surface area contributed by atoms with Crippen LogP contribution in [-0.4, -0.2) is 48.3 Å². The van der Waals surface area contributed by atoms with Gasteiger partial charge in [-0.1, -0.05) is 12.1 Å². The summed E-state index contributed by atoms with van der Waals surface area (Å²) < 4.78 is 4.96. The molecule has 108 valence electrons. The Morgan fingerprint density at radius 1 is 1.50 bits per heavy atom. The summed E-state index contributed by atoms with van der Waals surface area (Å²) in [5.74, 6) is -0.389. The highest BCUT2D eigenvalue weighted by atomic mass is 16.5. The minimum atomic E-state index is -0.946. The molecule has 1 heterocycles. The van der Waals surface area contributed by atoms with Crippen molar-refractivity contribution in [3.05, 3.63) is 35.4 Å². The van der Waals surface area contributed by atoms with Crippen molar-refractivity contribution in [3.8, 4) is 0 Å². The first-order valence-electron chi connectivity index (χ1n) is 6.61. The number of carboxylic acid groups (broad SMARTS) is 1. The summed E-state index contributed by atoms with van der Waals surface area (Å²) >= 11 is 0. The van der Waals surface area contributed by atoms with E-state index in [0.29, 0.717) is 31.8 Å². The second-order valence-electron chi connectivity index (χ2n) is 4.54. The minimum absolute atomic E-state index is 0.282. The molecule has 6 heteroatoms. The molecule has 1 fully saturated rings. The average Bonchev–Trinajstić information content (AvgIpc) is 2.47. The lowest BCUT2D eigenvalue weighted by Gasteiger charge is -2.34. The van der Waals surface area contributed by atoms with Gasteiger partial charge in [0, 0.05) is 19.6 Å². The molecule has 0 spiro atoms. The Morgan fingerprint density at radius 3 is 3.00 bits per heavy atom. The largest absolute Gasteiger partial charge is 0.465 e. The molecule has 6 nitrogen and oxygen atoms in total. The highest BCUT2D eigenvalue weighted by Gasteiger charge is 2.27. The summed E-state index contributed by atoms with van der Waals surface area (Å²) in [5.41, 5.74) is 1.24. The minimum Gasteiger partial charge on any atom is -0.465 e. The number of ether oxygens (including phenoxy) is 1. The van der Waals surface area contributed by atoms with Crippen molar-refractivity contribution in [2.75, 3.05) is 26.2 Å². The van der Waals surface area contributed by atoms with Crippen molar-refractivity contribution in [1.82, 2.24) is 10.2 Å². The predicted octanol–water partition coefficient (Wildman–Crippen LogP) is 1.49. The fourth-order valence-corrected chi connectivity index (χ4v) is 2.32. The number of piperazine rings is 1. The molecule has 0 saturated carbocycles. The van der Waals surface area contributed by atoms with Gasteiger partial charge in [0.15, 0.2) is 0 Å². The molecule has 0 aliphatic carbocycles. The van der Waals surface area contributed by atoms with Gasteiger partial charge in [-0.25, -0.2) is 9.59 Å². The van der Waals surface area contributed by atoms with E-state index < -0.39 is 6.09 Å². The SMILES string of the molecule is CCOC(=O)c1cccc(C2CNCCN2C(=O)O)c1. The number of nitrogens with one attached hydrogen (secondary N) is 1. The fraction of sp³-hybridized carbons (Fsp3) is 0.429. The first-order chi connectivity index (χ1) is 9.63. The zero-order valence-electron chi connectivity index (χ0n) is 11.3. The molecule has 1 saturated heterocycles. The van der Waals surface area contributed by atoms with Gasteiger partial charge in [-0.05, 0) is 24.6 Å². The zero-order valence-corrected chi connectivity index (χ0v) is 11.3. The van der Waals surface area contributed by atoms with Crippen LogP contribution < -0.4 is 5.32 Å². The lowest BCUT2D eigenvalue weighted by molar-refractivity contribution is 0.0526. The number of benzene rings is 1. The summed E-state index contributed by atoms with van der Waals surface area (Å²) in [6.45, 7) is 3.68. The third-order valence-electron chi connectivity index (χ3n) is 3.27. The van der Waals surface area contributed by atoms with Crippen LogP contribution in [0.15, 0.2) is 24.3 Å². The first-order valence-corrected chi connectivity index (χ1v) is 6.61. The standard InChI is InChI=1S/C14H18N2O4/c1-2-20-13(17)11-5-3-4-10(8-11)12-9-15-6-7-16(12)14(18)19/h3-5,8,12,15H,2,6-7,9H2,1H3,(H,18,19). The molecule has 1 aromatic carbocycles. The smallest absolute Gasteiger partial charge is 0.407 e. The van der Waals surface area contributed by atoms with Crippen molar-refractivity contribution in [3.63, 3.8) is 0 Å². The van der Waals surface area contributed by atoms with E-state index in [-0.39, 0.29) is 12.0 Å². The Hall–Kier alpha value is -2.08. The second-order valence-corrected chi connectivity index (χ2v) is 4.54. The normalized spacial score (nSPS) is 18.6.